The molecule has 2 aliphatic rings. The van der Waals surface area contributed by atoms with Gasteiger partial charge >= 0.3 is 5.97 Å². The van der Waals surface area contributed by atoms with Crippen LogP contribution < -0.4 is 10.6 Å². The van der Waals surface area contributed by atoms with Gasteiger partial charge in [0, 0.05) is 12.6 Å². The van der Waals surface area contributed by atoms with Crippen LogP contribution in [0.15, 0.2) is 0 Å². The van der Waals surface area contributed by atoms with Crippen LogP contribution in [0.5, 0.6) is 0 Å². The van der Waals surface area contributed by atoms with Crippen LogP contribution in [-0.2, 0) is 14.3 Å². The number of aliphatic carboxylic acids is 1. The summed E-state index contributed by atoms with van der Waals surface area (Å²) >= 11 is 0. The van der Waals surface area contributed by atoms with E-state index in [-0.39, 0.29) is 24.4 Å². The summed E-state index contributed by atoms with van der Waals surface area (Å²) in [6.07, 6.45) is 5.32. The van der Waals surface area contributed by atoms with E-state index in [4.69, 9.17) is 4.74 Å². The first-order chi connectivity index (χ1) is 10.1. The van der Waals surface area contributed by atoms with Crippen molar-refractivity contribution in [2.45, 2.75) is 44.6 Å². The molecule has 1 amide bonds. The zero-order valence-electron chi connectivity index (χ0n) is 12.7. The molecule has 1 heterocycles. The average molecular weight is 298 g/mol. The van der Waals surface area contributed by atoms with Crippen LogP contribution in [0, 0.1) is 11.3 Å². The van der Waals surface area contributed by atoms with Crippen LogP contribution in [0.2, 0.25) is 0 Å². The minimum Gasteiger partial charge on any atom is -0.481 e. The number of nitrogens with one attached hydrogen (secondary N) is 2. The van der Waals surface area contributed by atoms with Crippen molar-refractivity contribution in [2.75, 3.05) is 26.8 Å². The van der Waals surface area contributed by atoms with E-state index in [2.05, 4.69) is 10.6 Å². The van der Waals surface area contributed by atoms with Gasteiger partial charge in [-0.1, -0.05) is 25.7 Å². The number of likely N-dealkylation sites (N-methyl/N-ethyl adjacent to an activating group) is 1. The second-order valence-electron chi connectivity index (χ2n) is 6.26. The van der Waals surface area contributed by atoms with Gasteiger partial charge < -0.3 is 20.5 Å². The van der Waals surface area contributed by atoms with E-state index >= 15 is 0 Å². The van der Waals surface area contributed by atoms with E-state index < -0.39 is 11.4 Å². The molecule has 6 heteroatoms. The summed E-state index contributed by atoms with van der Waals surface area (Å²) in [5, 5.41) is 15.5. The summed E-state index contributed by atoms with van der Waals surface area (Å²) in [4.78, 5) is 24.0. The molecular weight excluding hydrogens is 272 g/mol. The second-order valence-corrected chi connectivity index (χ2v) is 6.26. The first kappa shape index (κ1) is 16.2. The Morgan fingerprint density at radius 1 is 1.19 bits per heavy atom. The summed E-state index contributed by atoms with van der Waals surface area (Å²) in [7, 11) is 1.81. The molecule has 1 aliphatic heterocycles. The molecule has 2 fully saturated rings. The van der Waals surface area contributed by atoms with Gasteiger partial charge in [0.05, 0.1) is 24.5 Å². The zero-order valence-corrected chi connectivity index (χ0v) is 12.7. The fourth-order valence-corrected chi connectivity index (χ4v) is 3.36. The number of hydrogen-bond donors (Lipinski definition) is 3. The topological polar surface area (TPSA) is 87.7 Å². The molecule has 3 N–H and O–H groups in total. The number of rotatable bonds is 5. The summed E-state index contributed by atoms with van der Waals surface area (Å²) in [6, 6.07) is 0.0138. The third kappa shape index (κ3) is 3.74. The van der Waals surface area contributed by atoms with Crippen LogP contribution >= 0.6 is 0 Å². The van der Waals surface area contributed by atoms with E-state index in [1.807, 2.05) is 7.05 Å². The number of hydrogen-bond acceptors (Lipinski definition) is 4. The largest absolute Gasteiger partial charge is 0.481 e. The Balaban J connectivity index is 1.95. The second kappa shape index (κ2) is 7.22. The molecule has 0 bridgehead atoms. The Hall–Kier alpha value is -1.14. The Kier molecular flexibility index (Phi) is 5.58. The van der Waals surface area contributed by atoms with Crippen molar-refractivity contribution >= 4 is 11.9 Å². The van der Waals surface area contributed by atoms with Crippen molar-refractivity contribution in [1.82, 2.24) is 10.6 Å². The number of carbonyl (C=O) groups is 2. The molecule has 0 radical (unpaired) electrons. The molecule has 21 heavy (non-hydrogen) atoms. The minimum atomic E-state index is -0.791. The highest BCUT2D eigenvalue weighted by atomic mass is 16.5. The third-order valence-corrected chi connectivity index (χ3v) is 4.90. The van der Waals surface area contributed by atoms with Gasteiger partial charge in [-0.3, -0.25) is 9.59 Å². The fraction of sp³-hybridized carbons (Fsp3) is 0.867. The highest BCUT2D eigenvalue weighted by Gasteiger charge is 2.40. The van der Waals surface area contributed by atoms with Gasteiger partial charge in [0.1, 0.15) is 0 Å². The minimum absolute atomic E-state index is 0.0138. The number of amides is 1. The van der Waals surface area contributed by atoms with Crippen molar-refractivity contribution in [3.05, 3.63) is 0 Å². The third-order valence-electron chi connectivity index (χ3n) is 4.90. The molecular formula is C15H26N2O4. The van der Waals surface area contributed by atoms with E-state index in [1.54, 1.807) is 0 Å². The lowest BCUT2D eigenvalue weighted by Gasteiger charge is -2.29. The van der Waals surface area contributed by atoms with Crippen LogP contribution in [-0.4, -0.2) is 49.8 Å². The highest BCUT2D eigenvalue weighted by Crippen LogP contribution is 2.35. The number of ether oxygens (including phenoxy) is 1. The number of carbonyl (C=O) groups excluding carboxylic acids is 1. The van der Waals surface area contributed by atoms with Crippen molar-refractivity contribution < 1.29 is 19.4 Å². The van der Waals surface area contributed by atoms with Gasteiger partial charge in [0.2, 0.25) is 5.91 Å². The van der Waals surface area contributed by atoms with E-state index in [0.29, 0.717) is 26.1 Å². The maximum absolute atomic E-state index is 12.3. The first-order valence-electron chi connectivity index (χ1n) is 7.85. The van der Waals surface area contributed by atoms with Crippen molar-refractivity contribution in [2.24, 2.45) is 11.3 Å². The van der Waals surface area contributed by atoms with Crippen LogP contribution in [0.1, 0.15) is 38.5 Å². The Morgan fingerprint density at radius 2 is 1.86 bits per heavy atom. The molecule has 0 aromatic heterocycles. The van der Waals surface area contributed by atoms with Crippen LogP contribution in [0.3, 0.4) is 0 Å². The fourth-order valence-electron chi connectivity index (χ4n) is 3.36. The molecule has 1 aliphatic carbocycles. The van der Waals surface area contributed by atoms with E-state index in [1.165, 1.54) is 0 Å². The summed E-state index contributed by atoms with van der Waals surface area (Å²) in [5.74, 6) is -1.11. The Morgan fingerprint density at radius 3 is 2.43 bits per heavy atom. The lowest BCUT2D eigenvalue weighted by Crippen LogP contribution is -2.48. The van der Waals surface area contributed by atoms with Gasteiger partial charge in [0.25, 0.3) is 0 Å². The standard InChI is InChI=1S/C15H26N2O4/c1-16-12-9-21-8-11(12)13(18)17-10-15(14(19)20)6-4-2-3-5-7-15/h11-12,16H,2-10H2,1H3,(H,17,18)(H,19,20). The van der Waals surface area contributed by atoms with E-state index in [9.17, 15) is 14.7 Å². The van der Waals surface area contributed by atoms with Crippen molar-refractivity contribution in [3.8, 4) is 0 Å². The predicted octanol–water partition coefficient (Wildman–Crippen LogP) is 0.762. The lowest BCUT2D eigenvalue weighted by atomic mass is 9.80. The molecule has 1 saturated heterocycles. The Labute approximate surface area is 125 Å². The molecule has 1 saturated carbocycles. The number of carboxylic acid groups (broad SMARTS) is 1. The molecule has 120 valence electrons. The van der Waals surface area contributed by atoms with Crippen LogP contribution in [0.4, 0.5) is 0 Å². The summed E-state index contributed by atoms with van der Waals surface area (Å²) in [6.45, 7) is 1.16. The normalized spacial score (nSPS) is 28.8. The maximum Gasteiger partial charge on any atom is 0.311 e. The van der Waals surface area contributed by atoms with Gasteiger partial charge in [-0.2, -0.15) is 0 Å². The quantitative estimate of drug-likeness (QED) is 0.652. The SMILES string of the molecule is CNC1COCC1C(=O)NCC1(C(=O)O)CCCCCC1. The molecule has 0 aromatic carbocycles. The average Bonchev–Trinajstić information content (AvgIpc) is 2.82. The molecule has 2 atom stereocenters. The predicted molar refractivity (Wildman–Crippen MR) is 77.9 cm³/mol. The van der Waals surface area contributed by atoms with Gasteiger partial charge in [-0.05, 0) is 19.9 Å². The lowest BCUT2D eigenvalue weighted by molar-refractivity contribution is -0.150. The molecule has 6 nitrogen and oxygen atoms in total. The Bertz CT molecular complexity index is 378. The summed E-state index contributed by atoms with van der Waals surface area (Å²) in [5.41, 5.74) is -0.791. The molecule has 2 unspecified atom stereocenters. The van der Waals surface area contributed by atoms with Crippen molar-refractivity contribution in [3.63, 3.8) is 0 Å². The molecule has 0 spiro atoms. The molecule has 0 aromatic rings. The maximum atomic E-state index is 12.3. The molecule has 2 rings (SSSR count). The van der Waals surface area contributed by atoms with E-state index in [0.717, 1.165) is 25.7 Å². The van der Waals surface area contributed by atoms with Gasteiger partial charge in [-0.15, -0.1) is 0 Å². The summed E-state index contributed by atoms with van der Waals surface area (Å²) < 4.78 is 5.33. The number of carboxylic acids is 1. The zero-order chi connectivity index (χ0) is 15.3. The van der Waals surface area contributed by atoms with Crippen molar-refractivity contribution in [1.29, 1.82) is 0 Å². The van der Waals surface area contributed by atoms with Gasteiger partial charge in [-0.25, -0.2) is 0 Å². The first-order valence-corrected chi connectivity index (χ1v) is 7.85. The highest BCUT2D eigenvalue weighted by molar-refractivity contribution is 5.81. The van der Waals surface area contributed by atoms with Gasteiger partial charge in [0.15, 0.2) is 0 Å². The smallest absolute Gasteiger partial charge is 0.311 e. The van der Waals surface area contributed by atoms with Crippen LogP contribution in [0.25, 0.3) is 0 Å². The monoisotopic (exact) mass is 298 g/mol.